The molecule has 3 heterocycles. The SMILES string of the molecule is Cc1ccc(C)c(-n2c(C)cc([C@@H]3[C@H](c4ccccn4)NC(=S)N3CC(C)C)c2C)c1. The summed E-state index contributed by atoms with van der Waals surface area (Å²) >= 11 is 5.81. The van der Waals surface area contributed by atoms with Gasteiger partial charge in [-0.05, 0) is 86.8 Å². The van der Waals surface area contributed by atoms with E-state index in [2.05, 4.69) is 97.7 Å². The molecule has 0 radical (unpaired) electrons. The molecular weight excluding hydrogens is 400 g/mol. The summed E-state index contributed by atoms with van der Waals surface area (Å²) in [4.78, 5) is 7.03. The summed E-state index contributed by atoms with van der Waals surface area (Å²) in [5, 5.41) is 4.39. The molecule has 162 valence electrons. The maximum absolute atomic E-state index is 5.81. The highest BCUT2D eigenvalue weighted by molar-refractivity contribution is 7.80. The van der Waals surface area contributed by atoms with Gasteiger partial charge in [0, 0.05) is 29.8 Å². The Balaban J connectivity index is 1.86. The average Bonchev–Trinajstić information content (AvgIpc) is 3.20. The van der Waals surface area contributed by atoms with E-state index in [-0.39, 0.29) is 12.1 Å². The number of rotatable bonds is 5. The highest BCUT2D eigenvalue weighted by Crippen LogP contribution is 2.41. The van der Waals surface area contributed by atoms with Crippen molar-refractivity contribution in [1.82, 2.24) is 19.8 Å². The Hall–Kier alpha value is -2.66. The lowest BCUT2D eigenvalue weighted by atomic mass is 9.96. The molecule has 0 saturated carbocycles. The molecule has 1 aliphatic heterocycles. The third-order valence-electron chi connectivity index (χ3n) is 6.15. The van der Waals surface area contributed by atoms with Crippen molar-refractivity contribution in [2.75, 3.05) is 6.54 Å². The number of hydrogen-bond acceptors (Lipinski definition) is 2. The minimum Gasteiger partial charge on any atom is -0.352 e. The highest BCUT2D eigenvalue weighted by Gasteiger charge is 2.41. The van der Waals surface area contributed by atoms with Crippen LogP contribution in [0.3, 0.4) is 0 Å². The summed E-state index contributed by atoms with van der Waals surface area (Å²) in [6.07, 6.45) is 1.86. The number of pyridine rings is 1. The molecule has 0 unspecified atom stereocenters. The van der Waals surface area contributed by atoms with Crippen LogP contribution in [-0.2, 0) is 0 Å². The van der Waals surface area contributed by atoms with Gasteiger partial charge in [-0.15, -0.1) is 0 Å². The zero-order chi connectivity index (χ0) is 22.3. The van der Waals surface area contributed by atoms with E-state index in [1.807, 2.05) is 12.3 Å². The fraction of sp³-hybridized carbons (Fsp3) is 0.385. The Morgan fingerprint density at radius 1 is 1.06 bits per heavy atom. The lowest BCUT2D eigenvalue weighted by Gasteiger charge is -2.29. The third kappa shape index (κ3) is 3.99. The van der Waals surface area contributed by atoms with E-state index in [1.54, 1.807) is 0 Å². The van der Waals surface area contributed by atoms with Crippen LogP contribution in [0.2, 0.25) is 0 Å². The van der Waals surface area contributed by atoms with Gasteiger partial charge in [0.2, 0.25) is 0 Å². The van der Waals surface area contributed by atoms with Crippen LogP contribution in [0.25, 0.3) is 5.69 Å². The molecular formula is C26H32N4S. The van der Waals surface area contributed by atoms with Crippen LogP contribution in [0, 0.1) is 33.6 Å². The Morgan fingerprint density at radius 2 is 1.84 bits per heavy atom. The van der Waals surface area contributed by atoms with Crippen LogP contribution >= 0.6 is 12.2 Å². The van der Waals surface area contributed by atoms with Crippen LogP contribution < -0.4 is 5.32 Å². The van der Waals surface area contributed by atoms with Gasteiger partial charge in [0.15, 0.2) is 5.11 Å². The number of thiocarbonyl (C=S) groups is 1. The lowest BCUT2D eigenvalue weighted by molar-refractivity contribution is 0.287. The normalized spacial score (nSPS) is 18.7. The molecule has 31 heavy (non-hydrogen) atoms. The smallest absolute Gasteiger partial charge is 0.170 e. The van der Waals surface area contributed by atoms with Gasteiger partial charge in [-0.25, -0.2) is 0 Å². The Kier molecular flexibility index (Phi) is 5.89. The monoisotopic (exact) mass is 432 g/mol. The van der Waals surface area contributed by atoms with Gasteiger partial charge in [0.05, 0.1) is 17.8 Å². The maximum atomic E-state index is 5.81. The summed E-state index contributed by atoms with van der Waals surface area (Å²) in [7, 11) is 0. The molecule has 0 bridgehead atoms. The standard InChI is InChI=1S/C26H32N4S/c1-16(2)15-29-25(24(28-26(29)31)22-9-7-8-12-27-22)21-14-19(5)30(20(21)6)23-13-17(3)10-11-18(23)4/h7-14,16,24-25H,15H2,1-6H3,(H,28,31)/t24-,25+/m0/s1. The largest absolute Gasteiger partial charge is 0.352 e. The minimum absolute atomic E-state index is 0.0278. The number of aromatic nitrogens is 2. The Morgan fingerprint density at radius 3 is 2.52 bits per heavy atom. The van der Waals surface area contributed by atoms with Gasteiger partial charge in [0.1, 0.15) is 0 Å². The van der Waals surface area contributed by atoms with Crippen molar-refractivity contribution in [3.63, 3.8) is 0 Å². The number of aryl methyl sites for hydroxylation is 3. The van der Waals surface area contributed by atoms with Gasteiger partial charge < -0.3 is 14.8 Å². The molecule has 1 aliphatic rings. The van der Waals surface area contributed by atoms with Crippen LogP contribution in [0.1, 0.15) is 59.7 Å². The van der Waals surface area contributed by atoms with E-state index in [0.29, 0.717) is 5.92 Å². The average molecular weight is 433 g/mol. The lowest BCUT2D eigenvalue weighted by Crippen LogP contribution is -2.33. The van der Waals surface area contributed by atoms with Crippen molar-refractivity contribution >= 4 is 17.3 Å². The third-order valence-corrected chi connectivity index (χ3v) is 6.51. The highest BCUT2D eigenvalue weighted by atomic mass is 32.1. The summed E-state index contributed by atoms with van der Waals surface area (Å²) in [6, 6.07) is 15.2. The van der Waals surface area contributed by atoms with E-state index < -0.39 is 0 Å². The Bertz CT molecular complexity index is 1100. The van der Waals surface area contributed by atoms with Crippen LogP contribution in [0.5, 0.6) is 0 Å². The molecule has 0 spiro atoms. The van der Waals surface area contributed by atoms with Crippen molar-refractivity contribution in [2.24, 2.45) is 5.92 Å². The summed E-state index contributed by atoms with van der Waals surface area (Å²) in [5.74, 6) is 0.507. The number of hydrogen-bond donors (Lipinski definition) is 1. The maximum Gasteiger partial charge on any atom is 0.170 e. The zero-order valence-corrected chi connectivity index (χ0v) is 20.1. The van der Waals surface area contributed by atoms with Gasteiger partial charge in [-0.1, -0.05) is 32.0 Å². The second-order valence-electron chi connectivity index (χ2n) is 9.12. The molecule has 1 N–H and O–H groups in total. The van der Waals surface area contributed by atoms with E-state index in [0.717, 1.165) is 17.4 Å². The molecule has 4 nitrogen and oxygen atoms in total. The van der Waals surface area contributed by atoms with Crippen molar-refractivity contribution < 1.29 is 0 Å². The predicted molar refractivity (Wildman–Crippen MR) is 132 cm³/mol. The second kappa shape index (κ2) is 8.46. The van der Waals surface area contributed by atoms with Crippen molar-refractivity contribution in [3.8, 4) is 5.69 Å². The molecule has 5 heteroatoms. The molecule has 1 aromatic carbocycles. The summed E-state index contributed by atoms with van der Waals surface area (Å²) in [6.45, 7) is 14.2. The molecule has 1 fully saturated rings. The first-order chi connectivity index (χ1) is 14.8. The van der Waals surface area contributed by atoms with Gasteiger partial charge in [-0.2, -0.15) is 0 Å². The molecule has 0 amide bonds. The van der Waals surface area contributed by atoms with E-state index in [9.17, 15) is 0 Å². The number of benzene rings is 1. The molecule has 2 atom stereocenters. The summed E-state index contributed by atoms with van der Waals surface area (Å²) in [5.41, 5.74) is 8.63. The number of nitrogens with one attached hydrogen (secondary N) is 1. The van der Waals surface area contributed by atoms with E-state index in [1.165, 1.54) is 33.8 Å². The topological polar surface area (TPSA) is 33.1 Å². The fourth-order valence-electron chi connectivity index (χ4n) is 4.75. The van der Waals surface area contributed by atoms with Crippen molar-refractivity contribution in [3.05, 3.63) is 82.4 Å². The van der Waals surface area contributed by atoms with E-state index in [4.69, 9.17) is 12.2 Å². The quantitative estimate of drug-likeness (QED) is 0.522. The van der Waals surface area contributed by atoms with Crippen molar-refractivity contribution in [1.29, 1.82) is 0 Å². The van der Waals surface area contributed by atoms with E-state index >= 15 is 0 Å². The van der Waals surface area contributed by atoms with Crippen molar-refractivity contribution in [2.45, 2.75) is 53.6 Å². The van der Waals surface area contributed by atoms with Gasteiger partial charge >= 0.3 is 0 Å². The molecule has 2 aromatic heterocycles. The molecule has 4 rings (SSSR count). The zero-order valence-electron chi connectivity index (χ0n) is 19.3. The summed E-state index contributed by atoms with van der Waals surface area (Å²) < 4.78 is 2.39. The second-order valence-corrected chi connectivity index (χ2v) is 9.51. The van der Waals surface area contributed by atoms with Gasteiger partial charge in [0.25, 0.3) is 0 Å². The molecule has 3 aromatic rings. The first-order valence-electron chi connectivity index (χ1n) is 11.0. The fourth-order valence-corrected chi connectivity index (χ4v) is 5.07. The van der Waals surface area contributed by atoms with Crippen LogP contribution in [0.15, 0.2) is 48.7 Å². The minimum atomic E-state index is 0.0278. The first-order valence-corrected chi connectivity index (χ1v) is 11.4. The number of nitrogens with zero attached hydrogens (tertiary/aromatic N) is 3. The van der Waals surface area contributed by atoms with Crippen LogP contribution in [-0.4, -0.2) is 26.1 Å². The van der Waals surface area contributed by atoms with Crippen LogP contribution in [0.4, 0.5) is 0 Å². The van der Waals surface area contributed by atoms with Gasteiger partial charge in [-0.3, -0.25) is 4.98 Å². The Labute approximate surface area is 191 Å². The first kappa shape index (κ1) is 21.6. The molecule has 0 aliphatic carbocycles. The predicted octanol–water partition coefficient (Wildman–Crippen LogP) is 5.73. The molecule has 1 saturated heterocycles.